The Balaban J connectivity index is 1.95. The normalized spacial score (nSPS) is 17.2. The summed E-state index contributed by atoms with van der Waals surface area (Å²) in [6.07, 6.45) is -0.207. The van der Waals surface area contributed by atoms with Crippen molar-refractivity contribution in [1.29, 1.82) is 0 Å². The van der Waals surface area contributed by atoms with Crippen LogP contribution in [0.15, 0.2) is 58.0 Å². The number of nitrogens with two attached hydrogens (primary N) is 1. The third kappa shape index (κ3) is 1.99. The number of benzene rings is 2. The largest absolute Gasteiger partial charge is 0.370 e. The second-order valence-corrected chi connectivity index (χ2v) is 5.77. The Morgan fingerprint density at radius 3 is 2.67 bits per heavy atom. The molecule has 1 aliphatic heterocycles. The van der Waals surface area contributed by atoms with Crippen LogP contribution in [-0.4, -0.2) is 15.5 Å². The highest BCUT2D eigenvalue weighted by atomic mass is 79.9. The van der Waals surface area contributed by atoms with Gasteiger partial charge in [0.2, 0.25) is 5.95 Å². The van der Waals surface area contributed by atoms with Crippen molar-refractivity contribution in [2.75, 3.05) is 5.32 Å². The number of rotatable bonds is 1. The zero-order valence-corrected chi connectivity index (χ0v) is 12.6. The zero-order chi connectivity index (χ0) is 14.4. The molecule has 0 bridgehead atoms. The number of nitrogens with one attached hydrogen (secondary N) is 1. The fourth-order valence-electron chi connectivity index (χ4n) is 2.58. The molecule has 2 heterocycles. The van der Waals surface area contributed by atoms with Crippen LogP contribution >= 0.6 is 15.9 Å². The van der Waals surface area contributed by atoms with Gasteiger partial charge < -0.3 is 5.73 Å². The van der Waals surface area contributed by atoms with E-state index in [9.17, 15) is 0 Å². The molecule has 0 saturated carbocycles. The van der Waals surface area contributed by atoms with Crippen LogP contribution in [0.5, 0.6) is 0 Å². The minimum absolute atomic E-state index is 0.207. The molecule has 0 spiro atoms. The van der Waals surface area contributed by atoms with Gasteiger partial charge in [-0.15, -0.1) is 0 Å². The number of nitrogens with zero attached hydrogens (tertiary/aromatic N) is 3. The van der Waals surface area contributed by atoms with E-state index in [2.05, 4.69) is 35.8 Å². The SMILES string of the molecule is NC1=N[C@H](c2ccc(Br)cc2)n2c(nc3ccccc32)N1. The van der Waals surface area contributed by atoms with E-state index in [0.717, 1.165) is 27.0 Å². The summed E-state index contributed by atoms with van der Waals surface area (Å²) < 4.78 is 3.10. The highest BCUT2D eigenvalue weighted by Crippen LogP contribution is 2.32. The third-order valence-corrected chi connectivity index (χ3v) is 4.04. The lowest BCUT2D eigenvalue weighted by atomic mass is 10.1. The predicted molar refractivity (Wildman–Crippen MR) is 87.3 cm³/mol. The fourth-order valence-corrected chi connectivity index (χ4v) is 2.84. The standard InChI is InChI=1S/C15H12BrN5/c16-10-7-5-9(6-8-10)13-19-14(17)20-15-18-11-3-1-2-4-12(11)21(13)15/h1-8,13H,(H3,17,18,19,20)/t13-/m0/s1. The molecular formula is C15H12BrN5. The minimum atomic E-state index is -0.207. The van der Waals surface area contributed by atoms with E-state index in [1.54, 1.807) is 0 Å². The van der Waals surface area contributed by atoms with Gasteiger partial charge in [-0.1, -0.05) is 40.2 Å². The number of hydrogen-bond donors (Lipinski definition) is 2. The van der Waals surface area contributed by atoms with Crippen LogP contribution in [0.25, 0.3) is 11.0 Å². The second kappa shape index (κ2) is 4.60. The van der Waals surface area contributed by atoms with Crippen LogP contribution in [0.1, 0.15) is 11.7 Å². The first-order chi connectivity index (χ1) is 10.2. The Morgan fingerprint density at radius 2 is 1.86 bits per heavy atom. The first-order valence-electron chi connectivity index (χ1n) is 6.55. The average Bonchev–Trinajstić information content (AvgIpc) is 2.85. The van der Waals surface area contributed by atoms with Gasteiger partial charge in [0, 0.05) is 4.47 Å². The molecule has 104 valence electrons. The van der Waals surface area contributed by atoms with Crippen LogP contribution in [-0.2, 0) is 0 Å². The van der Waals surface area contributed by atoms with Gasteiger partial charge in [0.05, 0.1) is 11.0 Å². The summed E-state index contributed by atoms with van der Waals surface area (Å²) >= 11 is 3.45. The molecular weight excluding hydrogens is 330 g/mol. The number of aromatic nitrogens is 2. The maximum atomic E-state index is 5.91. The smallest absolute Gasteiger partial charge is 0.212 e. The molecule has 6 heteroatoms. The first kappa shape index (κ1) is 12.4. The molecule has 5 nitrogen and oxygen atoms in total. The van der Waals surface area contributed by atoms with Crippen molar-refractivity contribution in [2.45, 2.75) is 6.17 Å². The Kier molecular flexibility index (Phi) is 2.71. The van der Waals surface area contributed by atoms with Gasteiger partial charge in [0.25, 0.3) is 0 Å². The van der Waals surface area contributed by atoms with Crippen molar-refractivity contribution in [2.24, 2.45) is 10.7 Å². The lowest BCUT2D eigenvalue weighted by Crippen LogP contribution is -2.31. The molecule has 0 radical (unpaired) electrons. The summed E-state index contributed by atoms with van der Waals surface area (Å²) in [6, 6.07) is 16.1. The van der Waals surface area contributed by atoms with Gasteiger partial charge in [-0.05, 0) is 29.8 Å². The Bertz CT molecular complexity index is 850. The quantitative estimate of drug-likeness (QED) is 0.714. The fraction of sp³-hybridized carbons (Fsp3) is 0.0667. The molecule has 0 unspecified atom stereocenters. The van der Waals surface area contributed by atoms with E-state index in [4.69, 9.17) is 5.73 Å². The molecule has 1 aromatic heterocycles. The number of hydrogen-bond acceptors (Lipinski definition) is 4. The zero-order valence-electron chi connectivity index (χ0n) is 11.0. The predicted octanol–water partition coefficient (Wildman–Crippen LogP) is 3.09. The number of guanidine groups is 1. The summed E-state index contributed by atoms with van der Waals surface area (Å²) in [7, 11) is 0. The van der Waals surface area contributed by atoms with Crippen molar-refractivity contribution < 1.29 is 0 Å². The van der Waals surface area contributed by atoms with Gasteiger partial charge >= 0.3 is 0 Å². The van der Waals surface area contributed by atoms with Crippen molar-refractivity contribution in [3.63, 3.8) is 0 Å². The number of fused-ring (bicyclic) bond motifs is 3. The van der Waals surface area contributed by atoms with Crippen LogP contribution in [0, 0.1) is 0 Å². The van der Waals surface area contributed by atoms with Crippen molar-refractivity contribution in [3.05, 3.63) is 58.6 Å². The molecule has 21 heavy (non-hydrogen) atoms. The molecule has 4 rings (SSSR count). The summed E-state index contributed by atoms with van der Waals surface area (Å²) in [5.74, 6) is 1.10. The summed E-state index contributed by atoms with van der Waals surface area (Å²) in [4.78, 5) is 9.12. The van der Waals surface area contributed by atoms with Crippen LogP contribution in [0.2, 0.25) is 0 Å². The van der Waals surface area contributed by atoms with E-state index in [1.165, 1.54) is 0 Å². The van der Waals surface area contributed by atoms with Crippen molar-refractivity contribution >= 4 is 38.9 Å². The lowest BCUT2D eigenvalue weighted by Gasteiger charge is -2.23. The summed E-state index contributed by atoms with van der Waals surface area (Å²) in [5, 5.41) is 3.03. The molecule has 0 saturated heterocycles. The van der Waals surface area contributed by atoms with Gasteiger partial charge in [-0.3, -0.25) is 9.88 Å². The van der Waals surface area contributed by atoms with Crippen LogP contribution < -0.4 is 11.1 Å². The number of para-hydroxylation sites is 2. The maximum Gasteiger partial charge on any atom is 0.212 e. The lowest BCUT2D eigenvalue weighted by molar-refractivity contribution is 0.626. The molecule has 0 aliphatic carbocycles. The second-order valence-electron chi connectivity index (χ2n) is 4.86. The Hall–Kier alpha value is -2.34. The molecule has 3 aromatic rings. The summed E-state index contributed by atoms with van der Waals surface area (Å²) in [6.45, 7) is 0. The number of halogens is 1. The molecule has 0 fully saturated rings. The molecule has 2 aromatic carbocycles. The Morgan fingerprint density at radius 1 is 1.10 bits per heavy atom. The molecule has 1 atom stereocenters. The number of aliphatic imine (C=N–C) groups is 1. The highest BCUT2D eigenvalue weighted by molar-refractivity contribution is 9.10. The summed E-state index contributed by atoms with van der Waals surface area (Å²) in [5.41, 5.74) is 8.92. The van der Waals surface area contributed by atoms with E-state index < -0.39 is 0 Å². The minimum Gasteiger partial charge on any atom is -0.370 e. The first-order valence-corrected chi connectivity index (χ1v) is 7.34. The van der Waals surface area contributed by atoms with E-state index in [-0.39, 0.29) is 6.17 Å². The van der Waals surface area contributed by atoms with Crippen LogP contribution in [0.3, 0.4) is 0 Å². The van der Waals surface area contributed by atoms with E-state index in [1.807, 2.05) is 48.5 Å². The van der Waals surface area contributed by atoms with Crippen LogP contribution in [0.4, 0.5) is 5.95 Å². The monoisotopic (exact) mass is 341 g/mol. The van der Waals surface area contributed by atoms with Crippen molar-refractivity contribution in [3.8, 4) is 0 Å². The van der Waals surface area contributed by atoms with E-state index in [0.29, 0.717) is 5.96 Å². The molecule has 1 aliphatic rings. The maximum absolute atomic E-state index is 5.91. The van der Waals surface area contributed by atoms with E-state index >= 15 is 0 Å². The Labute approximate surface area is 129 Å². The number of imidazole rings is 1. The molecule has 3 N–H and O–H groups in total. The topological polar surface area (TPSA) is 68.2 Å². The van der Waals surface area contributed by atoms with Crippen molar-refractivity contribution in [1.82, 2.24) is 9.55 Å². The third-order valence-electron chi connectivity index (χ3n) is 3.51. The van der Waals surface area contributed by atoms with Gasteiger partial charge in [0.15, 0.2) is 12.1 Å². The van der Waals surface area contributed by atoms with Gasteiger partial charge in [-0.25, -0.2) is 9.98 Å². The highest BCUT2D eigenvalue weighted by Gasteiger charge is 2.24. The molecule has 0 amide bonds. The number of anilines is 1. The average molecular weight is 342 g/mol. The van der Waals surface area contributed by atoms with Gasteiger partial charge in [0.1, 0.15) is 0 Å². The van der Waals surface area contributed by atoms with Gasteiger partial charge in [-0.2, -0.15) is 0 Å².